The van der Waals surface area contributed by atoms with E-state index in [2.05, 4.69) is 23.7 Å². The molecule has 0 aliphatic heterocycles. The first-order chi connectivity index (χ1) is 5.61. The number of rotatable bonds is 3. The minimum atomic E-state index is 0.462. The fraction of sp³-hybridized carbons (Fsp3) is 0.625. The van der Waals surface area contributed by atoms with E-state index in [4.69, 9.17) is 4.52 Å². The van der Waals surface area contributed by atoms with Crippen LogP contribution in [0.2, 0.25) is 0 Å². The van der Waals surface area contributed by atoms with Gasteiger partial charge in [-0.3, -0.25) is 4.72 Å². The van der Waals surface area contributed by atoms with Crippen molar-refractivity contribution in [2.45, 2.75) is 38.6 Å². The van der Waals surface area contributed by atoms with Gasteiger partial charge in [0.15, 0.2) is 0 Å². The second kappa shape index (κ2) is 3.96. The smallest absolute Gasteiger partial charge is 0.148 e. The van der Waals surface area contributed by atoms with Gasteiger partial charge in [-0.25, -0.2) is 0 Å². The molecule has 0 unspecified atom stereocenters. The van der Waals surface area contributed by atoms with Crippen LogP contribution in [0.4, 0.5) is 0 Å². The molecule has 0 saturated heterocycles. The van der Waals surface area contributed by atoms with Gasteiger partial charge in [0.25, 0.3) is 0 Å². The Balaban J connectivity index is 2.62. The molecule has 4 heteroatoms. The second-order valence-electron chi connectivity index (χ2n) is 3.03. The fourth-order valence-electron chi connectivity index (χ4n) is 0.797. The molecular formula is C8H14N2OS. The molecule has 68 valence electrons. The van der Waals surface area contributed by atoms with E-state index < -0.39 is 0 Å². The maximum absolute atomic E-state index is 5.02. The van der Waals surface area contributed by atoms with Crippen LogP contribution in [-0.4, -0.2) is 11.2 Å². The van der Waals surface area contributed by atoms with Gasteiger partial charge in [0.2, 0.25) is 0 Å². The molecule has 0 radical (unpaired) electrons. The Morgan fingerprint density at radius 3 is 2.50 bits per heavy atom. The molecule has 1 N–H and O–H groups in total. The number of hydrogen-bond donors (Lipinski definition) is 1. The van der Waals surface area contributed by atoms with E-state index in [1.165, 1.54) is 0 Å². The first kappa shape index (κ1) is 9.61. The van der Waals surface area contributed by atoms with Crippen LogP contribution in [0.3, 0.4) is 0 Å². The van der Waals surface area contributed by atoms with E-state index in [1.54, 1.807) is 11.9 Å². The van der Waals surface area contributed by atoms with Gasteiger partial charge in [-0.2, -0.15) is 0 Å². The van der Waals surface area contributed by atoms with Gasteiger partial charge in [0.05, 0.1) is 10.6 Å². The molecule has 0 aliphatic carbocycles. The average Bonchev–Trinajstić information content (AvgIpc) is 2.28. The third-order valence-electron chi connectivity index (χ3n) is 1.36. The van der Waals surface area contributed by atoms with Crippen molar-refractivity contribution in [2.75, 3.05) is 0 Å². The summed E-state index contributed by atoms with van der Waals surface area (Å²) in [7, 11) is 0. The molecule has 1 aromatic heterocycles. The van der Waals surface area contributed by atoms with Gasteiger partial charge in [-0.15, -0.1) is 0 Å². The van der Waals surface area contributed by atoms with E-state index in [0.29, 0.717) is 6.04 Å². The highest BCUT2D eigenvalue weighted by molar-refractivity contribution is 7.97. The monoisotopic (exact) mass is 186 g/mol. The standard InChI is InChI=1S/C8H14N2OS/c1-5(2)10-12-8-6(3)9-11-7(8)4/h5,10H,1-4H3. The number of hydrogen-bond acceptors (Lipinski definition) is 4. The van der Waals surface area contributed by atoms with E-state index in [0.717, 1.165) is 16.3 Å². The van der Waals surface area contributed by atoms with E-state index >= 15 is 0 Å². The topological polar surface area (TPSA) is 38.1 Å². The summed E-state index contributed by atoms with van der Waals surface area (Å²) in [4.78, 5) is 1.10. The van der Waals surface area contributed by atoms with Gasteiger partial charge in [0, 0.05) is 6.04 Å². The molecule has 12 heavy (non-hydrogen) atoms. The van der Waals surface area contributed by atoms with Crippen molar-refractivity contribution < 1.29 is 4.52 Å². The lowest BCUT2D eigenvalue weighted by atomic mass is 10.4. The molecular weight excluding hydrogens is 172 g/mol. The summed E-state index contributed by atoms with van der Waals surface area (Å²) in [6, 6.07) is 0.462. The molecule has 1 heterocycles. The van der Waals surface area contributed by atoms with Crippen molar-refractivity contribution in [3.63, 3.8) is 0 Å². The van der Waals surface area contributed by atoms with Crippen LogP contribution in [-0.2, 0) is 0 Å². The van der Waals surface area contributed by atoms with Crippen LogP contribution in [0.15, 0.2) is 9.42 Å². The third kappa shape index (κ3) is 2.25. The summed E-state index contributed by atoms with van der Waals surface area (Å²) in [5.74, 6) is 0.880. The lowest BCUT2D eigenvalue weighted by Crippen LogP contribution is -2.13. The summed E-state index contributed by atoms with van der Waals surface area (Å²) < 4.78 is 8.26. The SMILES string of the molecule is Cc1noc(C)c1SNC(C)C. The van der Waals surface area contributed by atoms with Crippen LogP contribution >= 0.6 is 11.9 Å². The number of nitrogens with zero attached hydrogens (tertiary/aromatic N) is 1. The van der Waals surface area contributed by atoms with Crippen LogP contribution in [0, 0.1) is 13.8 Å². The minimum Gasteiger partial charge on any atom is -0.360 e. The van der Waals surface area contributed by atoms with Crippen molar-refractivity contribution >= 4 is 11.9 Å². The van der Waals surface area contributed by atoms with Crippen LogP contribution in [0.1, 0.15) is 25.3 Å². The molecule has 1 aromatic rings. The molecule has 0 saturated carbocycles. The zero-order valence-electron chi connectivity index (χ0n) is 7.84. The van der Waals surface area contributed by atoms with E-state index in [1.807, 2.05) is 13.8 Å². The van der Waals surface area contributed by atoms with E-state index in [-0.39, 0.29) is 0 Å². The Morgan fingerprint density at radius 2 is 2.08 bits per heavy atom. The largest absolute Gasteiger partial charge is 0.360 e. The molecule has 3 nitrogen and oxygen atoms in total. The summed E-state index contributed by atoms with van der Waals surface area (Å²) in [6.07, 6.45) is 0. The Bertz CT molecular complexity index is 238. The molecule has 0 fully saturated rings. The van der Waals surface area contributed by atoms with E-state index in [9.17, 15) is 0 Å². The van der Waals surface area contributed by atoms with Gasteiger partial charge < -0.3 is 4.52 Å². The highest BCUT2D eigenvalue weighted by Gasteiger charge is 2.09. The zero-order chi connectivity index (χ0) is 9.14. The minimum absolute atomic E-state index is 0.462. The Labute approximate surface area is 77.0 Å². The highest BCUT2D eigenvalue weighted by Crippen LogP contribution is 2.23. The Hall–Kier alpha value is -0.480. The second-order valence-corrected chi connectivity index (χ2v) is 3.88. The molecule has 0 aromatic carbocycles. The maximum atomic E-state index is 5.02. The van der Waals surface area contributed by atoms with Crippen molar-refractivity contribution in [3.8, 4) is 0 Å². The summed E-state index contributed by atoms with van der Waals surface area (Å²) in [6.45, 7) is 8.07. The number of aryl methyl sites for hydroxylation is 2. The normalized spacial score (nSPS) is 11.1. The molecule has 0 bridgehead atoms. The van der Waals surface area contributed by atoms with Gasteiger partial charge in [-0.05, 0) is 39.6 Å². The Morgan fingerprint density at radius 1 is 1.42 bits per heavy atom. The van der Waals surface area contributed by atoms with Crippen molar-refractivity contribution in [1.29, 1.82) is 0 Å². The lowest BCUT2D eigenvalue weighted by molar-refractivity contribution is 0.391. The zero-order valence-corrected chi connectivity index (χ0v) is 8.66. The number of aromatic nitrogens is 1. The summed E-state index contributed by atoms with van der Waals surface area (Å²) in [5, 5.41) is 3.86. The quantitative estimate of drug-likeness (QED) is 0.735. The summed E-state index contributed by atoms with van der Waals surface area (Å²) in [5.41, 5.74) is 0.950. The van der Waals surface area contributed by atoms with Crippen molar-refractivity contribution in [3.05, 3.63) is 11.5 Å². The van der Waals surface area contributed by atoms with Crippen molar-refractivity contribution in [2.24, 2.45) is 0 Å². The fourth-order valence-corrected chi connectivity index (χ4v) is 1.52. The summed E-state index contributed by atoms with van der Waals surface area (Å²) >= 11 is 1.58. The first-order valence-electron chi connectivity index (χ1n) is 3.96. The predicted molar refractivity (Wildman–Crippen MR) is 50.1 cm³/mol. The van der Waals surface area contributed by atoms with Crippen LogP contribution < -0.4 is 4.72 Å². The molecule has 0 amide bonds. The average molecular weight is 186 g/mol. The van der Waals surface area contributed by atoms with Crippen LogP contribution in [0.5, 0.6) is 0 Å². The first-order valence-corrected chi connectivity index (χ1v) is 4.78. The molecule has 1 rings (SSSR count). The van der Waals surface area contributed by atoms with Crippen LogP contribution in [0.25, 0.3) is 0 Å². The lowest BCUT2D eigenvalue weighted by Gasteiger charge is -2.05. The molecule has 0 atom stereocenters. The highest BCUT2D eigenvalue weighted by atomic mass is 32.2. The Kier molecular flexibility index (Phi) is 3.17. The van der Waals surface area contributed by atoms with Gasteiger partial charge >= 0.3 is 0 Å². The van der Waals surface area contributed by atoms with Gasteiger partial charge in [-0.1, -0.05) is 5.16 Å². The molecule has 0 spiro atoms. The predicted octanol–water partition coefficient (Wildman–Crippen LogP) is 2.30. The third-order valence-corrected chi connectivity index (χ3v) is 2.74. The number of nitrogens with one attached hydrogen (secondary N) is 1. The van der Waals surface area contributed by atoms with Gasteiger partial charge in [0.1, 0.15) is 5.76 Å². The maximum Gasteiger partial charge on any atom is 0.148 e. The van der Waals surface area contributed by atoms with Crippen molar-refractivity contribution in [1.82, 2.24) is 9.88 Å². The molecule has 0 aliphatic rings.